The minimum absolute atomic E-state index is 0.228. The van der Waals surface area contributed by atoms with Gasteiger partial charge in [0, 0.05) is 5.25 Å². The number of halogens is 1. The summed E-state index contributed by atoms with van der Waals surface area (Å²) in [6.07, 6.45) is 0.0611. The van der Waals surface area contributed by atoms with Gasteiger partial charge in [0.1, 0.15) is 11.1 Å². The molecule has 0 unspecified atom stereocenters. The summed E-state index contributed by atoms with van der Waals surface area (Å²) in [5, 5.41) is 17.3. The zero-order valence-corrected chi connectivity index (χ0v) is 14.5. The van der Waals surface area contributed by atoms with Crippen molar-refractivity contribution in [3.8, 4) is 0 Å². The van der Waals surface area contributed by atoms with Crippen LogP contribution in [0.4, 0.5) is 4.39 Å². The van der Waals surface area contributed by atoms with Crippen LogP contribution >= 0.6 is 11.8 Å². The highest BCUT2D eigenvalue weighted by molar-refractivity contribution is 8.00. The second kappa shape index (κ2) is 8.67. The summed E-state index contributed by atoms with van der Waals surface area (Å²) >= 11 is 1.08. The summed E-state index contributed by atoms with van der Waals surface area (Å²) in [6.45, 7) is 1.95. The molecule has 132 valence electrons. The average Bonchev–Trinajstić information content (AvgIpc) is 2.55. The van der Waals surface area contributed by atoms with Gasteiger partial charge in [-0.15, -0.1) is 11.8 Å². The van der Waals surface area contributed by atoms with E-state index in [4.69, 9.17) is 5.11 Å². The first-order valence-corrected chi connectivity index (χ1v) is 8.70. The van der Waals surface area contributed by atoms with Gasteiger partial charge in [0.2, 0.25) is 0 Å². The van der Waals surface area contributed by atoms with Crippen molar-refractivity contribution in [2.75, 3.05) is 0 Å². The number of carboxylic acids is 2. The molecule has 0 spiro atoms. The van der Waals surface area contributed by atoms with E-state index in [2.05, 4.69) is 0 Å². The van der Waals surface area contributed by atoms with Crippen LogP contribution in [0.2, 0.25) is 0 Å². The fourth-order valence-corrected chi connectivity index (χ4v) is 3.77. The molecule has 2 aromatic carbocycles. The predicted molar refractivity (Wildman–Crippen MR) is 95.3 cm³/mol. The van der Waals surface area contributed by atoms with E-state index in [0.29, 0.717) is 5.56 Å². The van der Waals surface area contributed by atoms with Crippen LogP contribution in [-0.2, 0) is 16.0 Å². The molecule has 0 aliphatic carbocycles. The molecule has 2 aromatic rings. The van der Waals surface area contributed by atoms with E-state index in [1.807, 2.05) is 31.2 Å². The number of aliphatic carboxylic acids is 2. The second-order valence-corrected chi connectivity index (χ2v) is 7.20. The smallest absolute Gasteiger partial charge is 0.316 e. The summed E-state index contributed by atoms with van der Waals surface area (Å²) in [5.74, 6) is -2.44. The number of benzene rings is 2. The van der Waals surface area contributed by atoms with Crippen LogP contribution in [0, 0.1) is 12.7 Å². The number of hydrogen-bond donors (Lipinski definition) is 2. The Kier molecular flexibility index (Phi) is 6.58. The minimum atomic E-state index is -1.03. The van der Waals surface area contributed by atoms with Crippen LogP contribution in [0.1, 0.15) is 28.4 Å². The average molecular weight is 362 g/mol. The topological polar surface area (TPSA) is 74.6 Å². The first-order valence-electron chi connectivity index (χ1n) is 7.76. The maximum absolute atomic E-state index is 13.1. The number of hydrogen-bond acceptors (Lipinski definition) is 3. The Morgan fingerprint density at radius 3 is 2.16 bits per heavy atom. The molecule has 4 nitrogen and oxygen atoms in total. The molecule has 2 N–H and O–H groups in total. The van der Waals surface area contributed by atoms with E-state index in [1.54, 1.807) is 0 Å². The fourth-order valence-electron chi connectivity index (χ4n) is 2.41. The van der Waals surface area contributed by atoms with Gasteiger partial charge in [-0.1, -0.05) is 42.0 Å². The fraction of sp³-hybridized carbons (Fsp3) is 0.263. The first kappa shape index (κ1) is 19.0. The number of carboxylic acid groups (broad SMARTS) is 2. The predicted octanol–water partition coefficient (Wildman–Crippen LogP) is 4.08. The van der Waals surface area contributed by atoms with Crippen molar-refractivity contribution in [3.05, 3.63) is 71.0 Å². The molecule has 0 saturated heterocycles. The second-order valence-electron chi connectivity index (χ2n) is 5.79. The van der Waals surface area contributed by atoms with Crippen LogP contribution in [-0.4, -0.2) is 27.4 Å². The van der Waals surface area contributed by atoms with Gasteiger partial charge in [-0.2, -0.15) is 0 Å². The Hall–Kier alpha value is -2.34. The molecule has 0 fully saturated rings. The lowest BCUT2D eigenvalue weighted by molar-refractivity contribution is -0.138. The summed E-state index contributed by atoms with van der Waals surface area (Å²) < 4.78 is 13.1. The van der Waals surface area contributed by atoms with Crippen molar-refractivity contribution >= 4 is 23.7 Å². The number of aryl methyl sites for hydroxylation is 1. The lowest BCUT2D eigenvalue weighted by Crippen LogP contribution is -2.21. The van der Waals surface area contributed by atoms with Crippen molar-refractivity contribution in [1.29, 1.82) is 0 Å². The van der Waals surface area contributed by atoms with Gasteiger partial charge in [0.15, 0.2) is 0 Å². The zero-order valence-electron chi connectivity index (χ0n) is 13.7. The SMILES string of the molecule is Cc1ccc(C[C@@H](S[C@@H](CC(=O)O)c2ccc(F)cc2)C(=O)O)cc1. The Labute approximate surface area is 149 Å². The minimum Gasteiger partial charge on any atom is -0.481 e. The van der Waals surface area contributed by atoms with Crippen LogP contribution in [0.15, 0.2) is 48.5 Å². The molecule has 0 radical (unpaired) electrons. The van der Waals surface area contributed by atoms with Crippen molar-refractivity contribution in [3.63, 3.8) is 0 Å². The summed E-state index contributed by atoms with van der Waals surface area (Å²) in [4.78, 5) is 22.8. The molecule has 0 heterocycles. The van der Waals surface area contributed by atoms with E-state index in [9.17, 15) is 19.1 Å². The monoisotopic (exact) mass is 362 g/mol. The molecule has 0 saturated carbocycles. The summed E-state index contributed by atoms with van der Waals surface area (Å²) in [5.41, 5.74) is 2.56. The van der Waals surface area contributed by atoms with Gasteiger partial charge in [-0.05, 0) is 36.6 Å². The lowest BCUT2D eigenvalue weighted by Gasteiger charge is -2.20. The molecule has 25 heavy (non-hydrogen) atoms. The standard InChI is InChI=1S/C19H19FO4S/c1-12-2-4-13(5-3-12)10-17(19(23)24)25-16(11-18(21)22)14-6-8-15(20)9-7-14/h2-9,16-17H,10-11H2,1H3,(H,21,22)(H,23,24)/t16-,17+/m0/s1. The highest BCUT2D eigenvalue weighted by atomic mass is 32.2. The van der Waals surface area contributed by atoms with Gasteiger partial charge in [0.05, 0.1) is 6.42 Å². The maximum atomic E-state index is 13.1. The van der Waals surface area contributed by atoms with Crippen LogP contribution in [0.25, 0.3) is 0 Å². The first-order chi connectivity index (χ1) is 11.8. The van der Waals surface area contributed by atoms with Crippen molar-refractivity contribution in [1.82, 2.24) is 0 Å². The molecule has 6 heteroatoms. The summed E-state index contributed by atoms with van der Waals surface area (Å²) in [7, 11) is 0. The molecule has 0 aliphatic rings. The van der Waals surface area contributed by atoms with Crippen molar-refractivity contribution < 1.29 is 24.2 Å². The molecule has 0 amide bonds. The van der Waals surface area contributed by atoms with E-state index in [1.165, 1.54) is 24.3 Å². The van der Waals surface area contributed by atoms with E-state index in [-0.39, 0.29) is 12.8 Å². The van der Waals surface area contributed by atoms with Crippen LogP contribution in [0.3, 0.4) is 0 Å². The molecule has 0 aliphatic heterocycles. The number of carbonyl (C=O) groups is 2. The number of rotatable bonds is 8. The molecule has 2 atom stereocenters. The Bertz CT molecular complexity index is 728. The largest absolute Gasteiger partial charge is 0.481 e. The zero-order chi connectivity index (χ0) is 18.4. The molecular formula is C19H19FO4S. The van der Waals surface area contributed by atoms with Crippen LogP contribution < -0.4 is 0 Å². The third-order valence-electron chi connectivity index (χ3n) is 3.75. The van der Waals surface area contributed by atoms with Crippen molar-refractivity contribution in [2.24, 2.45) is 0 Å². The quantitative estimate of drug-likeness (QED) is 0.740. The lowest BCUT2D eigenvalue weighted by atomic mass is 10.1. The van der Waals surface area contributed by atoms with Gasteiger partial charge < -0.3 is 10.2 Å². The van der Waals surface area contributed by atoms with E-state index < -0.39 is 28.3 Å². The third kappa shape index (κ3) is 5.90. The molecule has 0 bridgehead atoms. The normalized spacial score (nSPS) is 13.2. The van der Waals surface area contributed by atoms with Gasteiger partial charge in [-0.3, -0.25) is 9.59 Å². The highest BCUT2D eigenvalue weighted by Gasteiger charge is 2.26. The van der Waals surface area contributed by atoms with E-state index in [0.717, 1.165) is 22.9 Å². The number of thioether (sulfide) groups is 1. The molecule has 0 aromatic heterocycles. The highest BCUT2D eigenvalue weighted by Crippen LogP contribution is 2.36. The summed E-state index contributed by atoms with van der Waals surface area (Å²) in [6, 6.07) is 13.1. The van der Waals surface area contributed by atoms with E-state index >= 15 is 0 Å². The third-order valence-corrected chi connectivity index (χ3v) is 5.21. The Morgan fingerprint density at radius 1 is 1.04 bits per heavy atom. The Morgan fingerprint density at radius 2 is 1.64 bits per heavy atom. The van der Waals surface area contributed by atoms with Crippen LogP contribution in [0.5, 0.6) is 0 Å². The molecule has 2 rings (SSSR count). The molecular weight excluding hydrogens is 343 g/mol. The van der Waals surface area contributed by atoms with Gasteiger partial charge in [-0.25, -0.2) is 4.39 Å². The van der Waals surface area contributed by atoms with Gasteiger partial charge >= 0.3 is 11.9 Å². The van der Waals surface area contributed by atoms with Crippen molar-refractivity contribution in [2.45, 2.75) is 30.3 Å². The maximum Gasteiger partial charge on any atom is 0.316 e. The van der Waals surface area contributed by atoms with Gasteiger partial charge in [0.25, 0.3) is 0 Å². The Balaban J connectivity index is 2.19.